The highest BCUT2D eigenvalue weighted by atomic mass is 15.3. The van der Waals surface area contributed by atoms with Gasteiger partial charge in [0.2, 0.25) is 0 Å². The van der Waals surface area contributed by atoms with E-state index in [4.69, 9.17) is 0 Å². The van der Waals surface area contributed by atoms with Crippen molar-refractivity contribution in [2.45, 2.75) is 76.9 Å². The molecule has 0 aromatic rings. The van der Waals surface area contributed by atoms with Gasteiger partial charge in [0.05, 0.1) is 0 Å². The van der Waals surface area contributed by atoms with Crippen LogP contribution in [0.3, 0.4) is 0 Å². The number of nitrogens with zero attached hydrogens (tertiary/aromatic N) is 1. The molecule has 2 nitrogen and oxygen atoms in total. The first-order valence-corrected chi connectivity index (χ1v) is 9.25. The first-order chi connectivity index (χ1) is 9.76. The lowest BCUT2D eigenvalue weighted by Gasteiger charge is -2.47. The van der Waals surface area contributed by atoms with Gasteiger partial charge in [-0.15, -0.1) is 0 Å². The number of hydrogen-bond acceptors (Lipinski definition) is 2. The quantitative estimate of drug-likeness (QED) is 0.848. The fraction of sp³-hybridized carbons (Fsp3) is 1.00. The van der Waals surface area contributed by atoms with E-state index in [2.05, 4.69) is 24.1 Å². The van der Waals surface area contributed by atoms with Crippen molar-refractivity contribution in [1.29, 1.82) is 0 Å². The van der Waals surface area contributed by atoms with E-state index in [0.717, 1.165) is 41.8 Å². The summed E-state index contributed by atoms with van der Waals surface area (Å²) in [6.45, 7) is 7.51. The van der Waals surface area contributed by atoms with Gasteiger partial charge in [-0.1, -0.05) is 13.3 Å². The lowest BCUT2D eigenvalue weighted by molar-refractivity contribution is 0.0379. The zero-order valence-electron chi connectivity index (χ0n) is 13.4. The van der Waals surface area contributed by atoms with Crippen LogP contribution in [0.2, 0.25) is 0 Å². The second kappa shape index (κ2) is 5.28. The van der Waals surface area contributed by atoms with E-state index in [1.54, 1.807) is 12.8 Å². The molecule has 0 aromatic carbocycles. The second-order valence-electron chi connectivity index (χ2n) is 8.19. The Hall–Kier alpha value is -0.0800. The van der Waals surface area contributed by atoms with Crippen LogP contribution < -0.4 is 5.32 Å². The zero-order chi connectivity index (χ0) is 13.7. The minimum absolute atomic E-state index is 0.791. The molecule has 4 rings (SSSR count). The Morgan fingerprint density at radius 1 is 1.10 bits per heavy atom. The van der Waals surface area contributed by atoms with Gasteiger partial charge in [0.1, 0.15) is 0 Å². The van der Waals surface area contributed by atoms with Gasteiger partial charge in [0, 0.05) is 31.2 Å². The van der Waals surface area contributed by atoms with Crippen molar-refractivity contribution in [2.24, 2.45) is 23.7 Å². The van der Waals surface area contributed by atoms with Gasteiger partial charge in [0.25, 0.3) is 0 Å². The average molecular weight is 276 g/mol. The van der Waals surface area contributed by atoms with E-state index in [9.17, 15) is 0 Å². The number of nitrogens with one attached hydrogen (secondary N) is 1. The van der Waals surface area contributed by atoms with Crippen molar-refractivity contribution >= 4 is 0 Å². The van der Waals surface area contributed by atoms with Crippen LogP contribution in [0.15, 0.2) is 0 Å². The zero-order valence-corrected chi connectivity index (χ0v) is 13.4. The summed E-state index contributed by atoms with van der Waals surface area (Å²) in [6, 6.07) is 2.43. The Kier molecular flexibility index (Phi) is 3.58. The Morgan fingerprint density at radius 3 is 2.50 bits per heavy atom. The molecule has 3 saturated carbocycles. The van der Waals surface area contributed by atoms with Gasteiger partial charge in [-0.05, 0) is 69.1 Å². The van der Waals surface area contributed by atoms with E-state index >= 15 is 0 Å². The van der Waals surface area contributed by atoms with E-state index in [0.29, 0.717) is 0 Å². The smallest absolute Gasteiger partial charge is 0.0224 e. The van der Waals surface area contributed by atoms with Crippen LogP contribution in [0, 0.1) is 23.7 Å². The number of hydrogen-bond donors (Lipinski definition) is 1. The molecule has 2 bridgehead atoms. The third kappa shape index (κ3) is 2.33. The third-order valence-electron chi connectivity index (χ3n) is 7.09. The average Bonchev–Trinajstić information content (AvgIpc) is 3.13. The molecule has 4 aliphatic rings. The lowest BCUT2D eigenvalue weighted by Crippen LogP contribution is -2.60. The highest BCUT2D eigenvalue weighted by Gasteiger charge is 2.46. The fourth-order valence-corrected chi connectivity index (χ4v) is 5.67. The lowest BCUT2D eigenvalue weighted by atomic mass is 9.82. The molecule has 1 saturated heterocycles. The van der Waals surface area contributed by atoms with Gasteiger partial charge < -0.3 is 5.32 Å². The van der Waals surface area contributed by atoms with Crippen LogP contribution in [0.25, 0.3) is 0 Å². The van der Waals surface area contributed by atoms with E-state index in [1.165, 1.54) is 45.2 Å². The van der Waals surface area contributed by atoms with E-state index in [1.807, 2.05) is 0 Å². The SMILES string of the molecule is CCC1CNC(C2CC2)CN1C(C)C1CC2CCC1C2. The van der Waals surface area contributed by atoms with Gasteiger partial charge in [-0.25, -0.2) is 0 Å². The minimum atomic E-state index is 0.791. The third-order valence-corrected chi connectivity index (χ3v) is 7.09. The molecule has 0 spiro atoms. The van der Waals surface area contributed by atoms with E-state index in [-0.39, 0.29) is 0 Å². The molecule has 0 aromatic heterocycles. The summed E-state index contributed by atoms with van der Waals surface area (Å²) >= 11 is 0. The normalized spacial score (nSPS) is 46.8. The molecule has 1 N–H and O–H groups in total. The van der Waals surface area contributed by atoms with Crippen molar-refractivity contribution in [3.05, 3.63) is 0 Å². The van der Waals surface area contributed by atoms with Gasteiger partial charge in [-0.2, -0.15) is 0 Å². The second-order valence-corrected chi connectivity index (χ2v) is 8.19. The predicted molar refractivity (Wildman–Crippen MR) is 83.7 cm³/mol. The van der Waals surface area contributed by atoms with Gasteiger partial charge in [0.15, 0.2) is 0 Å². The van der Waals surface area contributed by atoms with E-state index < -0.39 is 0 Å². The van der Waals surface area contributed by atoms with Crippen molar-refractivity contribution in [3.8, 4) is 0 Å². The maximum Gasteiger partial charge on any atom is 0.0224 e. The Balaban J connectivity index is 1.45. The highest BCUT2D eigenvalue weighted by Crippen LogP contribution is 2.50. The summed E-state index contributed by atoms with van der Waals surface area (Å²) in [6.07, 6.45) is 10.4. The number of piperazine rings is 1. The molecule has 2 heteroatoms. The maximum absolute atomic E-state index is 3.85. The molecule has 1 aliphatic heterocycles. The number of rotatable bonds is 4. The molecule has 6 atom stereocenters. The summed E-state index contributed by atoms with van der Waals surface area (Å²) in [5.41, 5.74) is 0. The molecular formula is C18H32N2. The van der Waals surface area contributed by atoms with Crippen LogP contribution in [0.5, 0.6) is 0 Å². The summed E-state index contributed by atoms with van der Waals surface area (Å²) in [4.78, 5) is 2.92. The fourth-order valence-electron chi connectivity index (χ4n) is 5.67. The Morgan fingerprint density at radius 2 is 1.90 bits per heavy atom. The molecular weight excluding hydrogens is 244 g/mol. The molecule has 114 valence electrons. The topological polar surface area (TPSA) is 15.3 Å². The molecule has 0 amide bonds. The largest absolute Gasteiger partial charge is 0.311 e. The van der Waals surface area contributed by atoms with Crippen LogP contribution in [0.1, 0.15) is 58.8 Å². The van der Waals surface area contributed by atoms with Crippen LogP contribution in [-0.4, -0.2) is 36.1 Å². The summed E-state index contributed by atoms with van der Waals surface area (Å²) in [5.74, 6) is 4.18. The molecule has 6 unspecified atom stereocenters. The van der Waals surface area contributed by atoms with Crippen molar-refractivity contribution in [1.82, 2.24) is 10.2 Å². The van der Waals surface area contributed by atoms with Gasteiger partial charge >= 0.3 is 0 Å². The monoisotopic (exact) mass is 276 g/mol. The summed E-state index contributed by atoms with van der Waals surface area (Å²) in [5, 5.41) is 3.85. The molecule has 4 fully saturated rings. The minimum Gasteiger partial charge on any atom is -0.311 e. The summed E-state index contributed by atoms with van der Waals surface area (Å²) in [7, 11) is 0. The van der Waals surface area contributed by atoms with Crippen molar-refractivity contribution in [2.75, 3.05) is 13.1 Å². The molecule has 3 aliphatic carbocycles. The molecule has 1 heterocycles. The summed E-state index contributed by atoms with van der Waals surface area (Å²) < 4.78 is 0. The predicted octanol–water partition coefficient (Wildman–Crippen LogP) is 3.27. The molecule has 20 heavy (non-hydrogen) atoms. The van der Waals surface area contributed by atoms with Gasteiger partial charge in [-0.3, -0.25) is 4.90 Å². The first-order valence-electron chi connectivity index (χ1n) is 9.25. The standard InChI is InChI=1S/C18H32N2/c1-3-16-10-19-18(14-6-7-14)11-20(16)12(2)17-9-13-4-5-15(17)8-13/h12-19H,3-11H2,1-2H3. The highest BCUT2D eigenvalue weighted by molar-refractivity contribution is 5.00. The van der Waals surface area contributed by atoms with Crippen molar-refractivity contribution < 1.29 is 0 Å². The van der Waals surface area contributed by atoms with Crippen LogP contribution in [-0.2, 0) is 0 Å². The van der Waals surface area contributed by atoms with Crippen LogP contribution in [0.4, 0.5) is 0 Å². The Bertz CT molecular complexity index is 351. The Labute approximate surface area is 124 Å². The first kappa shape index (κ1) is 13.6. The van der Waals surface area contributed by atoms with Crippen molar-refractivity contribution in [3.63, 3.8) is 0 Å². The molecule has 0 radical (unpaired) electrons. The number of fused-ring (bicyclic) bond motifs is 2. The van der Waals surface area contributed by atoms with Crippen LogP contribution >= 0.6 is 0 Å². The maximum atomic E-state index is 3.85.